The molecule has 0 bridgehead atoms. The molecule has 3 aliphatic rings. The van der Waals surface area contributed by atoms with Crippen molar-refractivity contribution in [2.45, 2.75) is 37.8 Å². The molecule has 1 atom stereocenters. The number of anilines is 3. The molecule has 1 saturated heterocycles. The van der Waals surface area contributed by atoms with Crippen LogP contribution in [0.2, 0.25) is 0 Å². The summed E-state index contributed by atoms with van der Waals surface area (Å²) >= 11 is 0. The van der Waals surface area contributed by atoms with E-state index in [9.17, 15) is 0 Å². The summed E-state index contributed by atoms with van der Waals surface area (Å²) in [6.45, 7) is 3.17. The second-order valence-corrected chi connectivity index (χ2v) is 9.59. The Kier molecular flexibility index (Phi) is 6.02. The minimum Gasteiger partial charge on any atom is -0.494 e. The summed E-state index contributed by atoms with van der Waals surface area (Å²) in [4.78, 5) is 7.38. The van der Waals surface area contributed by atoms with Gasteiger partial charge in [-0.15, -0.1) is 0 Å². The number of benzene rings is 1. The second-order valence-electron chi connectivity index (χ2n) is 9.59. The number of hydrogen-bond donors (Lipinski definition) is 4. The van der Waals surface area contributed by atoms with Crippen LogP contribution in [0.3, 0.4) is 0 Å². The fourth-order valence-electron chi connectivity index (χ4n) is 5.57. The lowest BCUT2D eigenvalue weighted by molar-refractivity contribution is 0.122. The van der Waals surface area contributed by atoms with Crippen LogP contribution >= 0.6 is 0 Å². The number of aliphatic imine (C=N–C) groups is 1. The molecule has 4 heterocycles. The van der Waals surface area contributed by atoms with Gasteiger partial charge in [0, 0.05) is 30.8 Å². The van der Waals surface area contributed by atoms with Crippen LogP contribution < -0.4 is 26.0 Å². The fourth-order valence-corrected chi connectivity index (χ4v) is 5.57. The standard InChI is InChI=1S/C25H32N8O3/c1-34-20-13-18(33-9-11-35-12-10-33)7-8-19(20)28-24-29-23-21(22(31-32-23)16-14-27-36-15-16)25(26,30-24)17-5-3-2-4-6-17/h7-8,13-15,17H,2-6,9-12,26H2,1H3,(H3,28,29,30,31,32). The quantitative estimate of drug-likeness (QED) is 0.421. The normalized spacial score (nSPS) is 22.5. The lowest BCUT2D eigenvalue weighted by Gasteiger charge is -2.39. The first kappa shape index (κ1) is 22.9. The molecule has 2 fully saturated rings. The topological polar surface area (TPSA) is 139 Å². The first-order chi connectivity index (χ1) is 17.7. The van der Waals surface area contributed by atoms with Gasteiger partial charge in [0.15, 0.2) is 5.82 Å². The largest absolute Gasteiger partial charge is 0.494 e. The van der Waals surface area contributed by atoms with Crippen molar-refractivity contribution >= 4 is 23.2 Å². The minimum atomic E-state index is -0.954. The van der Waals surface area contributed by atoms with Gasteiger partial charge in [0.25, 0.3) is 0 Å². The third-order valence-corrected chi connectivity index (χ3v) is 7.46. The summed E-state index contributed by atoms with van der Waals surface area (Å²) in [5, 5.41) is 18.3. The van der Waals surface area contributed by atoms with Gasteiger partial charge in [-0.05, 0) is 25.0 Å². The molecule has 1 unspecified atom stereocenters. The van der Waals surface area contributed by atoms with E-state index in [1.54, 1.807) is 19.6 Å². The zero-order valence-electron chi connectivity index (χ0n) is 20.4. The lowest BCUT2D eigenvalue weighted by atomic mass is 9.76. The molecular weight excluding hydrogens is 460 g/mol. The van der Waals surface area contributed by atoms with E-state index in [-0.39, 0.29) is 5.92 Å². The molecule has 11 heteroatoms. The van der Waals surface area contributed by atoms with Crippen molar-refractivity contribution < 1.29 is 14.0 Å². The van der Waals surface area contributed by atoms with E-state index in [0.717, 1.165) is 85.9 Å². The van der Waals surface area contributed by atoms with Gasteiger partial charge < -0.3 is 35.3 Å². The highest BCUT2D eigenvalue weighted by atomic mass is 16.5. The maximum atomic E-state index is 7.20. The van der Waals surface area contributed by atoms with Crippen molar-refractivity contribution in [3.8, 4) is 17.0 Å². The number of aromatic nitrogens is 3. The van der Waals surface area contributed by atoms with Gasteiger partial charge in [0.05, 0.1) is 49.0 Å². The van der Waals surface area contributed by atoms with Crippen molar-refractivity contribution in [1.29, 1.82) is 0 Å². The predicted molar refractivity (Wildman–Crippen MR) is 137 cm³/mol. The highest BCUT2D eigenvalue weighted by Crippen LogP contribution is 2.46. The number of hydrogen-bond acceptors (Lipinski definition) is 10. The molecule has 1 saturated carbocycles. The predicted octanol–water partition coefficient (Wildman–Crippen LogP) is 3.50. The summed E-state index contributed by atoms with van der Waals surface area (Å²) < 4.78 is 16.3. The van der Waals surface area contributed by atoms with E-state index >= 15 is 0 Å². The highest BCUT2D eigenvalue weighted by Gasteiger charge is 2.45. The van der Waals surface area contributed by atoms with Crippen LogP contribution in [0.15, 0.2) is 40.2 Å². The SMILES string of the molecule is COc1cc(N2CCOCC2)ccc1NC1=NC(N)(C2CCCCC2)c2c(n[nH]c2-c2cnoc2)N1. The van der Waals surface area contributed by atoms with Crippen LogP contribution in [0.4, 0.5) is 17.2 Å². The average molecular weight is 493 g/mol. The fraction of sp³-hybridized carbons (Fsp3) is 0.480. The van der Waals surface area contributed by atoms with Gasteiger partial charge in [-0.1, -0.05) is 24.4 Å². The molecule has 1 aliphatic carbocycles. The van der Waals surface area contributed by atoms with E-state index < -0.39 is 5.66 Å². The molecule has 2 aromatic heterocycles. The molecule has 1 aromatic carbocycles. The summed E-state index contributed by atoms with van der Waals surface area (Å²) in [6.07, 6.45) is 8.78. The van der Waals surface area contributed by atoms with Crippen LogP contribution in [0.25, 0.3) is 11.3 Å². The molecule has 0 spiro atoms. The van der Waals surface area contributed by atoms with Gasteiger partial charge in [-0.2, -0.15) is 5.10 Å². The number of morpholine rings is 1. The summed E-state index contributed by atoms with van der Waals surface area (Å²) in [6, 6.07) is 6.13. The number of fused-ring (bicyclic) bond motifs is 1. The number of ether oxygens (including phenoxy) is 2. The van der Waals surface area contributed by atoms with E-state index in [2.05, 4.69) is 37.0 Å². The van der Waals surface area contributed by atoms with Crippen molar-refractivity contribution in [3.05, 3.63) is 36.2 Å². The van der Waals surface area contributed by atoms with Crippen LogP contribution in [0.5, 0.6) is 5.75 Å². The third kappa shape index (κ3) is 4.07. The molecule has 0 radical (unpaired) electrons. The summed E-state index contributed by atoms with van der Waals surface area (Å²) in [5.74, 6) is 2.10. The van der Waals surface area contributed by atoms with Crippen LogP contribution in [0, 0.1) is 5.92 Å². The zero-order chi connectivity index (χ0) is 24.5. The van der Waals surface area contributed by atoms with Gasteiger partial charge in [0.2, 0.25) is 5.96 Å². The maximum Gasteiger partial charge on any atom is 0.203 e. The Balaban J connectivity index is 1.34. The van der Waals surface area contributed by atoms with E-state index in [1.165, 1.54) is 6.42 Å². The summed E-state index contributed by atoms with van der Waals surface area (Å²) in [5.41, 5.74) is 10.6. The first-order valence-corrected chi connectivity index (χ1v) is 12.6. The zero-order valence-corrected chi connectivity index (χ0v) is 20.4. The number of methoxy groups -OCH3 is 1. The Bertz CT molecular complexity index is 1230. The van der Waals surface area contributed by atoms with E-state index in [4.69, 9.17) is 24.7 Å². The highest BCUT2D eigenvalue weighted by molar-refractivity contribution is 6.06. The lowest BCUT2D eigenvalue weighted by Crippen LogP contribution is -2.48. The molecule has 2 aliphatic heterocycles. The number of nitrogens with two attached hydrogens (primary N) is 1. The Morgan fingerprint density at radius 3 is 2.78 bits per heavy atom. The van der Waals surface area contributed by atoms with Crippen molar-refractivity contribution in [1.82, 2.24) is 15.4 Å². The van der Waals surface area contributed by atoms with Crippen LogP contribution in [0.1, 0.15) is 37.7 Å². The third-order valence-electron chi connectivity index (χ3n) is 7.46. The van der Waals surface area contributed by atoms with Crippen molar-refractivity contribution in [2.24, 2.45) is 16.6 Å². The minimum absolute atomic E-state index is 0.186. The molecule has 5 N–H and O–H groups in total. The van der Waals surface area contributed by atoms with Crippen LogP contribution in [-0.2, 0) is 10.4 Å². The Morgan fingerprint density at radius 1 is 1.19 bits per heavy atom. The number of nitrogens with one attached hydrogen (secondary N) is 3. The maximum absolute atomic E-state index is 7.20. The number of H-pyrrole nitrogens is 1. The molecule has 3 aromatic rings. The molecule has 6 rings (SSSR count). The Morgan fingerprint density at radius 2 is 2.03 bits per heavy atom. The molecular formula is C25H32N8O3. The van der Waals surface area contributed by atoms with Crippen molar-refractivity contribution in [2.75, 3.05) is 48.9 Å². The first-order valence-electron chi connectivity index (χ1n) is 12.6. The average Bonchev–Trinajstić information content (AvgIpc) is 3.61. The number of guanidine groups is 1. The Labute approximate surface area is 209 Å². The van der Waals surface area contributed by atoms with Gasteiger partial charge in [-0.25, -0.2) is 4.99 Å². The molecule has 0 amide bonds. The number of nitrogens with zero attached hydrogens (tertiary/aromatic N) is 4. The van der Waals surface area contributed by atoms with Gasteiger partial charge in [0.1, 0.15) is 17.7 Å². The van der Waals surface area contributed by atoms with Gasteiger partial charge in [-0.3, -0.25) is 5.10 Å². The number of aromatic amines is 1. The van der Waals surface area contributed by atoms with Crippen LogP contribution in [-0.4, -0.2) is 54.7 Å². The van der Waals surface area contributed by atoms with E-state index in [1.807, 2.05) is 12.1 Å². The van der Waals surface area contributed by atoms with Gasteiger partial charge >= 0.3 is 0 Å². The molecule has 190 valence electrons. The van der Waals surface area contributed by atoms with Crippen molar-refractivity contribution in [3.63, 3.8) is 0 Å². The Hall–Kier alpha value is -3.57. The number of rotatable bonds is 5. The summed E-state index contributed by atoms with van der Waals surface area (Å²) in [7, 11) is 1.67. The monoisotopic (exact) mass is 492 g/mol. The van der Waals surface area contributed by atoms with E-state index in [0.29, 0.717) is 11.8 Å². The smallest absolute Gasteiger partial charge is 0.203 e. The molecule has 11 nitrogen and oxygen atoms in total. The second kappa shape index (κ2) is 9.47. The molecule has 36 heavy (non-hydrogen) atoms.